The first-order valence-corrected chi connectivity index (χ1v) is 10.1. The summed E-state index contributed by atoms with van der Waals surface area (Å²) >= 11 is 3.47. The number of aliphatic hydroxyl groups is 1. The highest BCUT2D eigenvalue weighted by atomic mass is 79.9. The van der Waals surface area contributed by atoms with Crippen molar-refractivity contribution in [2.45, 2.75) is 37.9 Å². The quantitative estimate of drug-likeness (QED) is 0.714. The Hall–Kier alpha value is -1.19. The Morgan fingerprint density at radius 1 is 1.30 bits per heavy atom. The predicted octanol–water partition coefficient (Wildman–Crippen LogP) is 1.20. The van der Waals surface area contributed by atoms with Gasteiger partial charge in [-0.15, -0.1) is 0 Å². The van der Waals surface area contributed by atoms with Gasteiger partial charge in [-0.25, -0.2) is 0 Å². The predicted molar refractivity (Wildman–Crippen MR) is 107 cm³/mol. The van der Waals surface area contributed by atoms with Gasteiger partial charge >= 0.3 is 0 Å². The molecule has 0 spiro atoms. The molecule has 2 fully saturated rings. The first-order valence-electron chi connectivity index (χ1n) is 9.32. The van der Waals surface area contributed by atoms with E-state index in [2.05, 4.69) is 55.3 Å². The lowest BCUT2D eigenvalue weighted by Crippen LogP contribution is -2.58. The van der Waals surface area contributed by atoms with Crippen LogP contribution in [0.3, 0.4) is 0 Å². The minimum Gasteiger partial charge on any atom is -0.390 e. The number of aliphatic hydroxyl groups excluding tert-OH is 1. The number of piperazine rings is 1. The second-order valence-corrected chi connectivity index (χ2v) is 8.07. The summed E-state index contributed by atoms with van der Waals surface area (Å²) in [6.07, 6.45) is -1.05. The lowest BCUT2D eigenvalue weighted by molar-refractivity contribution is -0.228. The highest BCUT2D eigenvalue weighted by Gasteiger charge is 2.38. The zero-order valence-corrected chi connectivity index (χ0v) is 17.4. The van der Waals surface area contributed by atoms with E-state index in [4.69, 9.17) is 9.47 Å². The Labute approximate surface area is 168 Å². The number of nitrogens with one attached hydrogen (secondary N) is 1. The Bertz CT molecular complexity index is 622. The highest BCUT2D eigenvalue weighted by Crippen LogP contribution is 2.24. The number of hydrogen-bond acceptors (Lipinski definition) is 6. The highest BCUT2D eigenvalue weighted by molar-refractivity contribution is 9.10. The molecule has 2 heterocycles. The Kier molecular flexibility index (Phi) is 7.10. The molecule has 2 aliphatic heterocycles. The minimum atomic E-state index is -0.627. The summed E-state index contributed by atoms with van der Waals surface area (Å²) in [6, 6.07) is 8.04. The number of halogens is 1. The molecule has 0 saturated carbocycles. The molecule has 4 atom stereocenters. The van der Waals surface area contributed by atoms with E-state index >= 15 is 0 Å². The molecule has 0 radical (unpaired) electrons. The average Bonchev–Trinajstić information content (AvgIpc) is 2.65. The van der Waals surface area contributed by atoms with Crippen LogP contribution < -0.4 is 10.2 Å². The molecular weight excluding hydrogens is 414 g/mol. The number of hydrogen-bond donors (Lipinski definition) is 2. The molecule has 1 amide bonds. The van der Waals surface area contributed by atoms with Crippen molar-refractivity contribution in [1.82, 2.24) is 10.2 Å². The fraction of sp³-hybridized carbons (Fsp3) is 0.632. The van der Waals surface area contributed by atoms with Crippen LogP contribution in [-0.2, 0) is 14.3 Å². The average molecular weight is 442 g/mol. The van der Waals surface area contributed by atoms with Gasteiger partial charge in [0.2, 0.25) is 5.91 Å². The van der Waals surface area contributed by atoms with Gasteiger partial charge in [0.05, 0.1) is 18.2 Å². The first kappa shape index (κ1) is 20.5. The number of methoxy groups -OCH3 is 1. The lowest BCUT2D eigenvalue weighted by Gasteiger charge is -2.42. The van der Waals surface area contributed by atoms with Gasteiger partial charge in [-0.05, 0) is 24.3 Å². The summed E-state index contributed by atoms with van der Waals surface area (Å²) < 4.78 is 12.4. The number of rotatable bonds is 5. The van der Waals surface area contributed by atoms with Gasteiger partial charge < -0.3 is 24.8 Å². The third-order valence-electron chi connectivity index (χ3n) is 5.19. The number of ether oxygens (including phenoxy) is 2. The van der Waals surface area contributed by atoms with Gasteiger partial charge in [0, 0.05) is 63.3 Å². The number of carbonyl (C=O) groups is 1. The zero-order valence-electron chi connectivity index (χ0n) is 15.8. The molecule has 27 heavy (non-hydrogen) atoms. The van der Waals surface area contributed by atoms with E-state index in [9.17, 15) is 9.90 Å². The summed E-state index contributed by atoms with van der Waals surface area (Å²) in [5.41, 5.74) is 1.23. The maximum atomic E-state index is 11.3. The van der Waals surface area contributed by atoms with Crippen LogP contribution in [0.2, 0.25) is 0 Å². The number of carbonyl (C=O) groups excluding carboxylic acids is 1. The summed E-state index contributed by atoms with van der Waals surface area (Å²) in [6.45, 7) is 5.81. The Balaban J connectivity index is 1.51. The smallest absolute Gasteiger partial charge is 0.217 e. The van der Waals surface area contributed by atoms with Crippen LogP contribution in [0, 0.1) is 0 Å². The third-order valence-corrected chi connectivity index (χ3v) is 5.71. The van der Waals surface area contributed by atoms with Gasteiger partial charge in [-0.2, -0.15) is 0 Å². The molecule has 1 aromatic carbocycles. The van der Waals surface area contributed by atoms with Crippen molar-refractivity contribution in [3.63, 3.8) is 0 Å². The van der Waals surface area contributed by atoms with Crippen molar-refractivity contribution in [2.24, 2.45) is 0 Å². The molecule has 3 rings (SSSR count). The number of anilines is 1. The molecule has 2 aliphatic rings. The first-order chi connectivity index (χ1) is 13.0. The van der Waals surface area contributed by atoms with Crippen LogP contribution in [0.25, 0.3) is 0 Å². The largest absolute Gasteiger partial charge is 0.390 e. The summed E-state index contributed by atoms with van der Waals surface area (Å²) in [7, 11) is 1.56. The van der Waals surface area contributed by atoms with E-state index < -0.39 is 12.4 Å². The van der Waals surface area contributed by atoms with E-state index in [1.807, 2.05) is 0 Å². The van der Waals surface area contributed by atoms with Crippen molar-refractivity contribution in [2.75, 3.05) is 44.7 Å². The summed E-state index contributed by atoms with van der Waals surface area (Å²) in [5.74, 6) is -0.152. The molecule has 0 unspecified atom stereocenters. The van der Waals surface area contributed by atoms with Crippen molar-refractivity contribution in [3.8, 4) is 0 Å². The van der Waals surface area contributed by atoms with E-state index in [1.165, 1.54) is 12.6 Å². The molecule has 2 N–H and O–H groups in total. The lowest BCUT2D eigenvalue weighted by atomic mass is 9.99. The molecule has 0 aromatic heterocycles. The van der Waals surface area contributed by atoms with Crippen LogP contribution >= 0.6 is 15.9 Å². The molecule has 1 aromatic rings. The van der Waals surface area contributed by atoms with Crippen LogP contribution in [0.5, 0.6) is 0 Å². The van der Waals surface area contributed by atoms with E-state index in [0.717, 1.165) is 30.7 Å². The van der Waals surface area contributed by atoms with Gasteiger partial charge in [-0.3, -0.25) is 9.69 Å². The fourth-order valence-corrected chi connectivity index (χ4v) is 4.01. The molecule has 8 heteroatoms. The summed E-state index contributed by atoms with van der Waals surface area (Å²) in [5, 5.41) is 13.3. The standard InChI is InChI=1S/C19H28BrN3O4/c1-13(24)21-16-11-17(25)18(27-19(16)26-2)12-22-7-9-23(10-8-22)15-5-3-14(20)4-6-15/h3-6,16-19,25H,7-12H2,1-2H3,(H,21,24)/t16-,17-,18-,19+/m1/s1. The Morgan fingerprint density at radius 2 is 1.96 bits per heavy atom. The molecule has 2 saturated heterocycles. The third kappa shape index (κ3) is 5.42. The monoisotopic (exact) mass is 441 g/mol. The molecule has 0 bridgehead atoms. The second kappa shape index (κ2) is 9.34. The number of benzene rings is 1. The molecular formula is C19H28BrN3O4. The van der Waals surface area contributed by atoms with Crippen molar-refractivity contribution < 1.29 is 19.4 Å². The molecule has 7 nitrogen and oxygen atoms in total. The maximum Gasteiger partial charge on any atom is 0.217 e. The summed E-state index contributed by atoms with van der Waals surface area (Å²) in [4.78, 5) is 16.0. The van der Waals surface area contributed by atoms with Gasteiger partial charge in [0.1, 0.15) is 0 Å². The van der Waals surface area contributed by atoms with E-state index in [1.54, 1.807) is 7.11 Å². The zero-order chi connectivity index (χ0) is 19.4. The van der Waals surface area contributed by atoms with Crippen molar-refractivity contribution in [3.05, 3.63) is 28.7 Å². The minimum absolute atomic E-state index is 0.152. The maximum absolute atomic E-state index is 11.3. The normalized spacial score (nSPS) is 29.6. The Morgan fingerprint density at radius 3 is 2.56 bits per heavy atom. The van der Waals surface area contributed by atoms with Gasteiger partial charge in [-0.1, -0.05) is 15.9 Å². The number of nitrogens with zero attached hydrogens (tertiary/aromatic N) is 2. The van der Waals surface area contributed by atoms with Gasteiger partial charge in [0.25, 0.3) is 0 Å². The topological polar surface area (TPSA) is 74.3 Å². The molecule has 150 valence electrons. The number of amides is 1. The van der Waals surface area contributed by atoms with Crippen LogP contribution in [0.4, 0.5) is 5.69 Å². The van der Waals surface area contributed by atoms with E-state index in [-0.39, 0.29) is 18.1 Å². The second-order valence-electron chi connectivity index (χ2n) is 7.15. The van der Waals surface area contributed by atoms with Gasteiger partial charge in [0.15, 0.2) is 6.29 Å². The SMILES string of the molecule is CO[C@H]1O[C@H](CN2CCN(c3ccc(Br)cc3)CC2)[C@H](O)C[C@H]1NC(C)=O. The van der Waals surface area contributed by atoms with Crippen LogP contribution in [0.1, 0.15) is 13.3 Å². The van der Waals surface area contributed by atoms with Crippen molar-refractivity contribution >= 4 is 27.5 Å². The van der Waals surface area contributed by atoms with E-state index in [0.29, 0.717) is 13.0 Å². The fourth-order valence-electron chi connectivity index (χ4n) is 3.75. The van der Waals surface area contributed by atoms with Crippen LogP contribution in [0.15, 0.2) is 28.7 Å². The molecule has 0 aliphatic carbocycles. The van der Waals surface area contributed by atoms with Crippen LogP contribution in [-0.4, -0.2) is 80.3 Å². The van der Waals surface area contributed by atoms with Crippen molar-refractivity contribution in [1.29, 1.82) is 0 Å².